The highest BCUT2D eigenvalue weighted by atomic mass is 79.9. The van der Waals surface area contributed by atoms with Gasteiger partial charge in [0.2, 0.25) is 0 Å². The Morgan fingerprint density at radius 1 is 1.37 bits per heavy atom. The van der Waals surface area contributed by atoms with Gasteiger partial charge >= 0.3 is 0 Å². The molecule has 4 nitrogen and oxygen atoms in total. The highest BCUT2D eigenvalue weighted by molar-refractivity contribution is 9.10. The number of hydrogen-bond acceptors (Lipinski definition) is 3. The molecule has 0 radical (unpaired) electrons. The van der Waals surface area contributed by atoms with Gasteiger partial charge in [-0.05, 0) is 36.8 Å². The molecule has 7 heteroatoms. The number of rotatable bonds is 5. The minimum atomic E-state index is -0.992. The van der Waals surface area contributed by atoms with Gasteiger partial charge in [0.1, 0.15) is 5.82 Å². The number of halogens is 1. The number of benzene rings is 1. The lowest BCUT2D eigenvalue weighted by molar-refractivity contribution is 0.673. The molecule has 0 bridgehead atoms. The third-order valence-electron chi connectivity index (χ3n) is 2.68. The highest BCUT2D eigenvalue weighted by Gasteiger charge is 2.09. The molecule has 0 spiro atoms. The van der Waals surface area contributed by atoms with Crippen LogP contribution in [0.25, 0.3) is 0 Å². The van der Waals surface area contributed by atoms with Crippen LogP contribution in [0.15, 0.2) is 28.7 Å². The minimum absolute atomic E-state index is 0.414. The van der Waals surface area contributed by atoms with Gasteiger partial charge < -0.3 is 4.57 Å². The molecular weight excluding hydrogens is 346 g/mol. The Labute approximate surface area is 127 Å². The molecule has 19 heavy (non-hydrogen) atoms. The van der Waals surface area contributed by atoms with Gasteiger partial charge in [0.15, 0.2) is 4.77 Å². The van der Waals surface area contributed by atoms with Crippen molar-refractivity contribution in [2.24, 2.45) is 0 Å². The van der Waals surface area contributed by atoms with E-state index in [0.717, 1.165) is 22.4 Å². The number of hydrogen-bond donors (Lipinski definition) is 1. The second-order valence-corrected chi connectivity index (χ2v) is 6.80. The lowest BCUT2D eigenvalue weighted by atomic mass is 10.2. The average Bonchev–Trinajstić information content (AvgIpc) is 2.72. The molecule has 1 aromatic carbocycles. The average molecular weight is 360 g/mol. The van der Waals surface area contributed by atoms with Crippen molar-refractivity contribution < 1.29 is 4.21 Å². The summed E-state index contributed by atoms with van der Waals surface area (Å²) in [5.41, 5.74) is 1.05. The van der Waals surface area contributed by atoms with Gasteiger partial charge in [-0.1, -0.05) is 28.1 Å². The van der Waals surface area contributed by atoms with E-state index >= 15 is 0 Å². The van der Waals surface area contributed by atoms with Crippen LogP contribution in [0.3, 0.4) is 0 Å². The standard InChI is InChI=1S/C12H14BrN3OS2/c1-2-16-11(14-15-12(16)18)8-19(17)7-9-3-5-10(13)6-4-9/h3-6H,2,7-8H2,1H3,(H,15,18)/t19-/m1/s1. The van der Waals surface area contributed by atoms with Gasteiger partial charge in [-0.3, -0.25) is 9.31 Å². The first-order chi connectivity index (χ1) is 9.10. The molecule has 0 saturated heterocycles. The van der Waals surface area contributed by atoms with Gasteiger partial charge in [0.25, 0.3) is 0 Å². The predicted octanol–water partition coefficient (Wildman–Crippen LogP) is 3.17. The fraction of sp³-hybridized carbons (Fsp3) is 0.333. The Bertz CT molecular complexity index is 633. The lowest BCUT2D eigenvalue weighted by Crippen LogP contribution is -2.07. The van der Waals surface area contributed by atoms with Crippen molar-refractivity contribution in [2.45, 2.75) is 25.0 Å². The third-order valence-corrected chi connectivity index (χ3v) is 4.76. The van der Waals surface area contributed by atoms with Crippen molar-refractivity contribution in [3.63, 3.8) is 0 Å². The molecule has 0 unspecified atom stereocenters. The molecule has 0 aliphatic heterocycles. The van der Waals surface area contributed by atoms with E-state index in [9.17, 15) is 4.21 Å². The quantitative estimate of drug-likeness (QED) is 0.834. The molecular formula is C12H14BrN3OS2. The van der Waals surface area contributed by atoms with Crippen molar-refractivity contribution in [1.82, 2.24) is 14.8 Å². The summed E-state index contributed by atoms with van der Waals surface area (Å²) in [6.45, 7) is 2.73. The molecule has 0 aliphatic carbocycles. The largest absolute Gasteiger partial charge is 0.304 e. The Balaban J connectivity index is 2.05. The molecule has 0 fully saturated rings. The molecule has 2 aromatic rings. The molecule has 102 valence electrons. The SMILES string of the molecule is CCn1c(C[S@](=O)Cc2ccc(Br)cc2)n[nH]c1=S. The fourth-order valence-electron chi connectivity index (χ4n) is 1.75. The minimum Gasteiger partial charge on any atom is -0.304 e. The van der Waals surface area contributed by atoms with E-state index in [1.54, 1.807) is 0 Å². The maximum absolute atomic E-state index is 12.1. The number of aromatic nitrogens is 3. The smallest absolute Gasteiger partial charge is 0.195 e. The summed E-state index contributed by atoms with van der Waals surface area (Å²) >= 11 is 8.49. The Morgan fingerprint density at radius 3 is 2.68 bits per heavy atom. The lowest BCUT2D eigenvalue weighted by Gasteiger charge is -2.04. The first-order valence-corrected chi connectivity index (χ1v) is 8.52. The topological polar surface area (TPSA) is 50.7 Å². The van der Waals surface area contributed by atoms with Crippen LogP contribution in [0.2, 0.25) is 0 Å². The summed E-state index contributed by atoms with van der Waals surface area (Å²) in [5, 5.41) is 6.87. The molecule has 2 rings (SSSR count). The van der Waals surface area contributed by atoms with E-state index < -0.39 is 10.8 Å². The van der Waals surface area contributed by atoms with Gasteiger partial charge in [0.05, 0.1) is 5.75 Å². The zero-order chi connectivity index (χ0) is 13.8. The zero-order valence-electron chi connectivity index (χ0n) is 10.4. The van der Waals surface area contributed by atoms with Crippen LogP contribution in [-0.4, -0.2) is 19.0 Å². The van der Waals surface area contributed by atoms with Crippen molar-refractivity contribution in [3.8, 4) is 0 Å². The Hall–Kier alpha value is -0.790. The van der Waals surface area contributed by atoms with Gasteiger partial charge in [0, 0.05) is 27.6 Å². The van der Waals surface area contributed by atoms with E-state index in [0.29, 0.717) is 16.3 Å². The monoisotopic (exact) mass is 359 g/mol. The van der Waals surface area contributed by atoms with Gasteiger partial charge in [-0.15, -0.1) is 0 Å². The van der Waals surface area contributed by atoms with E-state index in [4.69, 9.17) is 12.2 Å². The predicted molar refractivity (Wildman–Crippen MR) is 82.8 cm³/mol. The molecule has 1 N–H and O–H groups in total. The Kier molecular flexibility index (Phi) is 5.06. The summed E-state index contributed by atoms with van der Waals surface area (Å²) in [6, 6.07) is 7.85. The summed E-state index contributed by atoms with van der Waals surface area (Å²) in [4.78, 5) is 0. The zero-order valence-corrected chi connectivity index (χ0v) is 13.6. The summed E-state index contributed by atoms with van der Waals surface area (Å²) in [6.07, 6.45) is 0. The number of nitrogens with one attached hydrogen (secondary N) is 1. The van der Waals surface area contributed by atoms with Crippen LogP contribution < -0.4 is 0 Å². The number of H-pyrrole nitrogens is 1. The van der Waals surface area contributed by atoms with E-state index in [-0.39, 0.29) is 0 Å². The molecule has 1 aromatic heterocycles. The van der Waals surface area contributed by atoms with Crippen molar-refractivity contribution in [3.05, 3.63) is 44.9 Å². The van der Waals surface area contributed by atoms with Crippen LogP contribution in [0, 0.1) is 4.77 Å². The van der Waals surface area contributed by atoms with Gasteiger partial charge in [-0.2, -0.15) is 5.10 Å². The molecule has 1 atom stereocenters. The van der Waals surface area contributed by atoms with Crippen molar-refractivity contribution in [1.29, 1.82) is 0 Å². The van der Waals surface area contributed by atoms with Crippen molar-refractivity contribution in [2.75, 3.05) is 0 Å². The van der Waals surface area contributed by atoms with Gasteiger partial charge in [-0.25, -0.2) is 0 Å². The Morgan fingerprint density at radius 2 is 2.05 bits per heavy atom. The molecule has 1 heterocycles. The first-order valence-electron chi connectivity index (χ1n) is 5.83. The maximum atomic E-state index is 12.1. The highest BCUT2D eigenvalue weighted by Crippen LogP contribution is 2.13. The van der Waals surface area contributed by atoms with Crippen LogP contribution in [-0.2, 0) is 28.9 Å². The van der Waals surface area contributed by atoms with E-state index in [1.807, 2.05) is 35.8 Å². The van der Waals surface area contributed by atoms with Crippen LogP contribution >= 0.6 is 28.1 Å². The second kappa shape index (κ2) is 6.58. The number of aromatic amines is 1. The first kappa shape index (κ1) is 14.6. The third kappa shape index (κ3) is 3.84. The molecule has 0 saturated carbocycles. The normalized spacial score (nSPS) is 12.5. The van der Waals surface area contributed by atoms with Crippen LogP contribution in [0.4, 0.5) is 0 Å². The van der Waals surface area contributed by atoms with Crippen LogP contribution in [0.5, 0.6) is 0 Å². The summed E-state index contributed by atoms with van der Waals surface area (Å²) in [7, 11) is -0.992. The van der Waals surface area contributed by atoms with Crippen molar-refractivity contribution >= 4 is 38.9 Å². The second-order valence-electron chi connectivity index (χ2n) is 4.04. The summed E-state index contributed by atoms with van der Waals surface area (Å²) < 4.78 is 15.6. The van der Waals surface area contributed by atoms with Crippen LogP contribution in [0.1, 0.15) is 18.3 Å². The number of nitrogens with zero attached hydrogens (tertiary/aromatic N) is 2. The molecule has 0 aliphatic rings. The summed E-state index contributed by atoms with van der Waals surface area (Å²) in [5.74, 6) is 1.69. The van der Waals surface area contributed by atoms with E-state index in [1.165, 1.54) is 0 Å². The van der Waals surface area contributed by atoms with E-state index in [2.05, 4.69) is 26.1 Å². The maximum Gasteiger partial charge on any atom is 0.195 e. The molecule has 0 amide bonds. The fourth-order valence-corrected chi connectivity index (χ4v) is 3.47.